The highest BCUT2D eigenvalue weighted by Gasteiger charge is 2.45. The summed E-state index contributed by atoms with van der Waals surface area (Å²) in [5.41, 5.74) is 0.998. The van der Waals surface area contributed by atoms with Crippen LogP contribution in [0, 0.1) is 17.3 Å². The minimum Gasteiger partial charge on any atom is -0.444 e. The van der Waals surface area contributed by atoms with Gasteiger partial charge in [0, 0.05) is 51.1 Å². The standard InChI is InChI=1S/C38H56F3N3O4/c1-10-28-13-11-12-14-30(28)33(29-15-18-37(9,26(2)23-29)48-38(39,40)41)43-21-22-44(31(25-43)35(3,4)5)32(45)24-27-16-19-42(20-17-27)34(46)47-36(6,7)8/h11-15,18,23,26-27,31,33H,10,16-17,19-22,24-25H2,1-9H3/t26-,31-,33?,37-/m1/s1. The summed E-state index contributed by atoms with van der Waals surface area (Å²) in [7, 11) is 0. The molecule has 1 aromatic rings. The predicted octanol–water partition coefficient (Wildman–Crippen LogP) is 8.31. The molecule has 2 heterocycles. The molecule has 0 spiro atoms. The lowest BCUT2D eigenvalue weighted by Gasteiger charge is -2.50. The van der Waals surface area contributed by atoms with Gasteiger partial charge in [-0.15, -0.1) is 13.2 Å². The molecular weight excluding hydrogens is 619 g/mol. The number of alkyl halides is 3. The number of ether oxygens (including phenoxy) is 2. The Kier molecular flexibility index (Phi) is 11.5. The summed E-state index contributed by atoms with van der Waals surface area (Å²) in [6.07, 6.45) is 3.02. The normalized spacial score (nSPS) is 25.5. The van der Waals surface area contributed by atoms with Crippen molar-refractivity contribution < 1.29 is 32.2 Å². The quantitative estimate of drug-likeness (QED) is 0.291. The van der Waals surface area contributed by atoms with E-state index in [4.69, 9.17) is 4.74 Å². The number of carbonyl (C=O) groups excluding carboxylic acids is 2. The first-order chi connectivity index (χ1) is 22.2. The Balaban J connectivity index is 1.54. The van der Waals surface area contributed by atoms with Gasteiger partial charge in [-0.1, -0.05) is 77.1 Å². The molecule has 0 saturated carbocycles. The molecule has 1 aromatic carbocycles. The number of benzene rings is 1. The number of likely N-dealkylation sites (tertiary alicyclic amines) is 1. The largest absolute Gasteiger partial charge is 0.523 e. The molecule has 0 bridgehead atoms. The van der Waals surface area contributed by atoms with Crippen molar-refractivity contribution in [2.75, 3.05) is 32.7 Å². The lowest BCUT2D eigenvalue weighted by atomic mass is 9.79. The molecule has 0 radical (unpaired) electrons. The van der Waals surface area contributed by atoms with Crippen molar-refractivity contribution in [1.29, 1.82) is 0 Å². The maximum Gasteiger partial charge on any atom is 0.523 e. The van der Waals surface area contributed by atoms with Gasteiger partial charge in [0.2, 0.25) is 5.91 Å². The fourth-order valence-electron chi connectivity index (χ4n) is 7.28. The number of hydrogen-bond acceptors (Lipinski definition) is 5. The summed E-state index contributed by atoms with van der Waals surface area (Å²) >= 11 is 0. The zero-order valence-corrected chi connectivity index (χ0v) is 30.3. The van der Waals surface area contributed by atoms with Crippen molar-refractivity contribution in [1.82, 2.24) is 14.7 Å². The van der Waals surface area contributed by atoms with E-state index in [0.29, 0.717) is 39.1 Å². The molecule has 1 unspecified atom stereocenters. The molecule has 4 atom stereocenters. The molecule has 4 rings (SSSR count). The van der Waals surface area contributed by atoms with Crippen molar-refractivity contribution in [3.63, 3.8) is 0 Å². The van der Waals surface area contributed by atoms with Crippen LogP contribution in [0.25, 0.3) is 0 Å². The molecule has 1 aliphatic carbocycles. The van der Waals surface area contributed by atoms with Gasteiger partial charge in [-0.05, 0) is 75.0 Å². The van der Waals surface area contributed by atoms with Crippen LogP contribution in [-0.2, 0) is 20.7 Å². The Morgan fingerprint density at radius 2 is 1.65 bits per heavy atom. The summed E-state index contributed by atoms with van der Waals surface area (Å²) < 4.78 is 50.1. The Morgan fingerprint density at radius 3 is 2.21 bits per heavy atom. The molecule has 2 aliphatic heterocycles. The molecule has 2 fully saturated rings. The van der Waals surface area contributed by atoms with E-state index in [2.05, 4.69) is 54.4 Å². The number of carbonyl (C=O) groups is 2. The van der Waals surface area contributed by atoms with Gasteiger partial charge in [-0.3, -0.25) is 14.4 Å². The molecule has 7 nitrogen and oxygen atoms in total. The number of hydrogen-bond donors (Lipinski definition) is 0. The van der Waals surface area contributed by atoms with Crippen molar-refractivity contribution >= 4 is 12.0 Å². The van der Waals surface area contributed by atoms with Crippen molar-refractivity contribution in [2.45, 2.75) is 118 Å². The topological polar surface area (TPSA) is 62.3 Å². The number of aryl methyl sites for hydroxylation is 1. The Labute approximate surface area is 285 Å². The fraction of sp³-hybridized carbons (Fsp3) is 0.684. The van der Waals surface area contributed by atoms with E-state index < -0.39 is 23.5 Å². The third-order valence-electron chi connectivity index (χ3n) is 10.2. The molecule has 0 aromatic heterocycles. The number of piperidine rings is 1. The van der Waals surface area contributed by atoms with E-state index in [0.717, 1.165) is 30.4 Å². The van der Waals surface area contributed by atoms with Crippen LogP contribution < -0.4 is 0 Å². The third-order valence-corrected chi connectivity index (χ3v) is 10.2. The average molecular weight is 676 g/mol. The predicted molar refractivity (Wildman–Crippen MR) is 182 cm³/mol. The highest BCUT2D eigenvalue weighted by atomic mass is 19.4. The van der Waals surface area contributed by atoms with Crippen LogP contribution in [0.5, 0.6) is 0 Å². The second-order valence-electron chi connectivity index (χ2n) is 16.1. The van der Waals surface area contributed by atoms with Crippen LogP contribution in [0.4, 0.5) is 18.0 Å². The van der Waals surface area contributed by atoms with E-state index in [-0.39, 0.29) is 35.4 Å². The molecule has 268 valence electrons. The van der Waals surface area contributed by atoms with Crippen LogP contribution in [0.15, 0.2) is 48.1 Å². The zero-order chi connectivity index (χ0) is 35.7. The van der Waals surface area contributed by atoms with Crippen LogP contribution in [-0.4, -0.2) is 83.0 Å². The van der Waals surface area contributed by atoms with Gasteiger partial charge >= 0.3 is 12.5 Å². The van der Waals surface area contributed by atoms with Gasteiger partial charge in [-0.2, -0.15) is 0 Å². The number of nitrogens with zero attached hydrogens (tertiary/aromatic N) is 3. The molecule has 2 amide bonds. The fourth-order valence-corrected chi connectivity index (χ4v) is 7.28. The highest BCUT2D eigenvalue weighted by Crippen LogP contribution is 2.42. The second kappa shape index (κ2) is 14.6. The first-order valence-corrected chi connectivity index (χ1v) is 17.5. The molecule has 2 saturated heterocycles. The van der Waals surface area contributed by atoms with Crippen LogP contribution in [0.1, 0.15) is 98.7 Å². The maximum atomic E-state index is 14.0. The zero-order valence-electron chi connectivity index (χ0n) is 30.3. The lowest BCUT2D eigenvalue weighted by molar-refractivity contribution is -0.360. The van der Waals surface area contributed by atoms with Crippen LogP contribution in [0.2, 0.25) is 0 Å². The molecule has 48 heavy (non-hydrogen) atoms. The van der Waals surface area contributed by atoms with Crippen molar-refractivity contribution in [2.24, 2.45) is 17.3 Å². The summed E-state index contributed by atoms with van der Waals surface area (Å²) in [5, 5.41) is 0. The number of amides is 2. The first-order valence-electron chi connectivity index (χ1n) is 17.5. The van der Waals surface area contributed by atoms with Crippen molar-refractivity contribution in [3.05, 3.63) is 59.2 Å². The minimum absolute atomic E-state index is 0.0682. The monoisotopic (exact) mass is 675 g/mol. The van der Waals surface area contributed by atoms with Gasteiger partial charge in [0.05, 0.1) is 11.6 Å². The van der Waals surface area contributed by atoms with Crippen LogP contribution >= 0.6 is 0 Å². The molecule has 10 heteroatoms. The third kappa shape index (κ3) is 9.43. The lowest BCUT2D eigenvalue weighted by Crippen LogP contribution is -2.60. The molecule has 3 aliphatic rings. The van der Waals surface area contributed by atoms with Crippen LogP contribution in [0.3, 0.4) is 0 Å². The first kappa shape index (κ1) is 38.0. The van der Waals surface area contributed by atoms with Gasteiger partial charge in [0.15, 0.2) is 0 Å². The van der Waals surface area contributed by atoms with E-state index in [1.165, 1.54) is 12.5 Å². The van der Waals surface area contributed by atoms with E-state index in [1.807, 2.05) is 39.0 Å². The van der Waals surface area contributed by atoms with Gasteiger partial charge in [0.1, 0.15) is 5.60 Å². The van der Waals surface area contributed by atoms with E-state index in [1.54, 1.807) is 24.0 Å². The minimum atomic E-state index is -4.75. The van der Waals surface area contributed by atoms with E-state index >= 15 is 0 Å². The summed E-state index contributed by atoms with van der Waals surface area (Å²) in [6.45, 7) is 20.4. The Bertz CT molecular complexity index is 1350. The van der Waals surface area contributed by atoms with Gasteiger partial charge in [0.25, 0.3) is 0 Å². The number of halogens is 3. The van der Waals surface area contributed by atoms with Crippen molar-refractivity contribution in [3.8, 4) is 0 Å². The second-order valence-corrected chi connectivity index (χ2v) is 16.1. The summed E-state index contributed by atoms with van der Waals surface area (Å²) in [4.78, 5) is 32.7. The Morgan fingerprint density at radius 1 is 1.00 bits per heavy atom. The van der Waals surface area contributed by atoms with E-state index in [9.17, 15) is 22.8 Å². The number of piperazine rings is 1. The average Bonchev–Trinajstić information content (AvgIpc) is 2.97. The Hall–Kier alpha value is -2.85. The molecule has 0 N–H and O–H groups in total. The summed E-state index contributed by atoms with van der Waals surface area (Å²) in [6, 6.07) is 8.02. The smallest absolute Gasteiger partial charge is 0.444 e. The highest BCUT2D eigenvalue weighted by molar-refractivity contribution is 5.77. The maximum absolute atomic E-state index is 14.0. The van der Waals surface area contributed by atoms with Gasteiger partial charge in [-0.25, -0.2) is 4.79 Å². The summed E-state index contributed by atoms with van der Waals surface area (Å²) in [5.74, 6) is -0.175. The number of rotatable bonds is 7. The van der Waals surface area contributed by atoms with Gasteiger partial charge < -0.3 is 14.5 Å². The SMILES string of the molecule is CCc1ccccc1C(C1=C[C@@H](C)[C@](C)(OC(F)(F)F)C=C1)N1CCN(C(=O)CC2CCN(C(=O)OC(C)(C)C)CC2)[C@@H](C(C)(C)C)C1. The molecular formula is C38H56F3N3O4.